The van der Waals surface area contributed by atoms with Crippen molar-refractivity contribution in [1.29, 1.82) is 0 Å². The molecule has 0 aliphatic rings. The number of thioether (sulfide) groups is 1. The molecule has 0 bridgehead atoms. The summed E-state index contributed by atoms with van der Waals surface area (Å²) in [5.74, 6) is -0.0482. The summed E-state index contributed by atoms with van der Waals surface area (Å²) in [5.41, 5.74) is 3.95. The van der Waals surface area contributed by atoms with Crippen LogP contribution < -0.4 is 10.9 Å². The molecule has 0 saturated heterocycles. The van der Waals surface area contributed by atoms with Crippen LogP contribution in [-0.4, -0.2) is 34.9 Å². The Morgan fingerprint density at radius 3 is 2.68 bits per heavy atom. The summed E-state index contributed by atoms with van der Waals surface area (Å²) in [7, 11) is 1.57. The van der Waals surface area contributed by atoms with E-state index in [0.29, 0.717) is 29.4 Å². The number of para-hydroxylation sites is 1. The summed E-state index contributed by atoms with van der Waals surface area (Å²) in [4.78, 5) is 30.3. The van der Waals surface area contributed by atoms with Crippen LogP contribution in [0.2, 0.25) is 0 Å². The van der Waals surface area contributed by atoms with Gasteiger partial charge in [-0.1, -0.05) is 30.0 Å². The van der Waals surface area contributed by atoms with E-state index in [1.807, 2.05) is 50.2 Å². The zero-order valence-electron chi connectivity index (χ0n) is 17.6. The second kappa shape index (κ2) is 8.95. The fraction of sp³-hybridized carbons (Fsp3) is 0.261. The van der Waals surface area contributed by atoms with E-state index >= 15 is 0 Å². The highest BCUT2D eigenvalue weighted by atomic mass is 32.2. The molecule has 4 aromatic rings. The van der Waals surface area contributed by atoms with Crippen molar-refractivity contribution in [2.24, 2.45) is 0 Å². The van der Waals surface area contributed by atoms with E-state index in [0.717, 1.165) is 22.2 Å². The normalized spacial score (nSPS) is 11.3. The lowest BCUT2D eigenvalue weighted by atomic mass is 10.1. The summed E-state index contributed by atoms with van der Waals surface area (Å²) >= 11 is 1.22. The van der Waals surface area contributed by atoms with Gasteiger partial charge in [-0.25, -0.2) is 4.98 Å². The van der Waals surface area contributed by atoms with E-state index in [9.17, 15) is 9.59 Å². The third-order valence-corrected chi connectivity index (χ3v) is 5.78. The van der Waals surface area contributed by atoms with Crippen LogP contribution in [0, 0.1) is 13.8 Å². The Hall–Kier alpha value is -3.10. The lowest BCUT2D eigenvalue weighted by molar-refractivity contribution is -0.113. The van der Waals surface area contributed by atoms with Gasteiger partial charge in [0.15, 0.2) is 5.16 Å². The molecule has 0 fully saturated rings. The number of hydrogen-bond acceptors (Lipinski definition) is 6. The standard InChI is InChI=1S/C23H23N3O4S/c1-14-10-15(2)12-16(11-14)24-19(27)13-31-23-25-20-17-6-4-5-7-18(17)30-21(20)22(28)26(23)8-9-29-3/h4-7,10-12H,8-9,13H2,1-3H3,(H,24,27). The van der Waals surface area contributed by atoms with Gasteiger partial charge in [-0.2, -0.15) is 0 Å². The topological polar surface area (TPSA) is 86.4 Å². The first-order chi connectivity index (χ1) is 15.0. The zero-order chi connectivity index (χ0) is 22.0. The number of furan rings is 1. The molecule has 31 heavy (non-hydrogen) atoms. The molecule has 4 rings (SSSR count). The van der Waals surface area contributed by atoms with Crippen LogP contribution in [0.5, 0.6) is 0 Å². The van der Waals surface area contributed by atoms with Crippen molar-refractivity contribution in [3.05, 3.63) is 63.9 Å². The Balaban J connectivity index is 1.64. The quantitative estimate of drug-likeness (QED) is 0.345. The van der Waals surface area contributed by atoms with Gasteiger partial charge in [0.1, 0.15) is 11.1 Å². The van der Waals surface area contributed by atoms with Crippen molar-refractivity contribution in [1.82, 2.24) is 9.55 Å². The Labute approximate surface area is 183 Å². The fourth-order valence-electron chi connectivity index (χ4n) is 3.52. The molecule has 0 aliphatic heterocycles. The summed E-state index contributed by atoms with van der Waals surface area (Å²) in [6.07, 6.45) is 0. The van der Waals surface area contributed by atoms with E-state index in [1.165, 1.54) is 16.3 Å². The molecule has 1 amide bonds. The third-order valence-electron chi connectivity index (χ3n) is 4.80. The summed E-state index contributed by atoms with van der Waals surface area (Å²) < 4.78 is 12.4. The minimum Gasteiger partial charge on any atom is -0.448 e. The van der Waals surface area contributed by atoms with E-state index in [-0.39, 0.29) is 22.8 Å². The third kappa shape index (κ3) is 4.50. The predicted molar refractivity (Wildman–Crippen MR) is 123 cm³/mol. The number of nitrogens with one attached hydrogen (secondary N) is 1. The number of carbonyl (C=O) groups excluding carboxylic acids is 1. The van der Waals surface area contributed by atoms with Crippen molar-refractivity contribution >= 4 is 45.4 Å². The Bertz CT molecular complexity index is 1310. The lowest BCUT2D eigenvalue weighted by Gasteiger charge is -2.11. The molecule has 1 N–H and O–H groups in total. The predicted octanol–water partition coefficient (Wildman–Crippen LogP) is 4.14. The van der Waals surface area contributed by atoms with E-state index < -0.39 is 0 Å². The number of amides is 1. The van der Waals surface area contributed by atoms with Crippen LogP contribution in [0.25, 0.3) is 22.1 Å². The number of ether oxygens (including phenoxy) is 1. The lowest BCUT2D eigenvalue weighted by Crippen LogP contribution is -2.25. The second-order valence-corrected chi connectivity index (χ2v) is 8.28. The molecule has 160 valence electrons. The minimum atomic E-state index is -0.282. The highest BCUT2D eigenvalue weighted by Crippen LogP contribution is 2.27. The monoisotopic (exact) mass is 437 g/mol. The highest BCUT2D eigenvalue weighted by Gasteiger charge is 2.18. The van der Waals surface area contributed by atoms with E-state index in [2.05, 4.69) is 10.3 Å². The van der Waals surface area contributed by atoms with Crippen LogP contribution in [0.4, 0.5) is 5.69 Å². The minimum absolute atomic E-state index is 0.119. The number of fused-ring (bicyclic) bond motifs is 3. The number of anilines is 1. The summed E-state index contributed by atoms with van der Waals surface area (Å²) in [5, 5.41) is 4.14. The van der Waals surface area contributed by atoms with Crippen LogP contribution in [-0.2, 0) is 16.1 Å². The van der Waals surface area contributed by atoms with Crippen molar-refractivity contribution in [2.75, 3.05) is 24.8 Å². The second-order valence-electron chi connectivity index (χ2n) is 7.33. The number of hydrogen-bond donors (Lipinski definition) is 1. The van der Waals surface area contributed by atoms with Gasteiger partial charge in [-0.3, -0.25) is 14.2 Å². The largest absolute Gasteiger partial charge is 0.448 e. The summed E-state index contributed by atoms with van der Waals surface area (Å²) in [6, 6.07) is 13.3. The van der Waals surface area contributed by atoms with Crippen LogP contribution >= 0.6 is 11.8 Å². The molecule has 7 nitrogen and oxygen atoms in total. The molecule has 2 aromatic heterocycles. The number of methoxy groups -OCH3 is 1. The van der Waals surface area contributed by atoms with Gasteiger partial charge in [0.05, 0.1) is 18.9 Å². The first-order valence-electron chi connectivity index (χ1n) is 9.88. The maximum atomic E-state index is 13.1. The number of carbonyl (C=O) groups is 1. The van der Waals surface area contributed by atoms with Gasteiger partial charge in [0.2, 0.25) is 11.5 Å². The number of aryl methyl sites for hydroxylation is 2. The van der Waals surface area contributed by atoms with Crippen molar-refractivity contribution < 1.29 is 13.9 Å². The Morgan fingerprint density at radius 1 is 1.19 bits per heavy atom. The maximum Gasteiger partial charge on any atom is 0.297 e. The summed E-state index contributed by atoms with van der Waals surface area (Å²) in [6.45, 7) is 4.63. The first kappa shape index (κ1) is 21.1. The van der Waals surface area contributed by atoms with Crippen molar-refractivity contribution in [3.63, 3.8) is 0 Å². The molecule has 2 heterocycles. The number of rotatable bonds is 7. The van der Waals surface area contributed by atoms with Crippen LogP contribution in [0.1, 0.15) is 11.1 Å². The van der Waals surface area contributed by atoms with Crippen molar-refractivity contribution in [2.45, 2.75) is 25.5 Å². The molecule has 0 atom stereocenters. The van der Waals surface area contributed by atoms with E-state index in [4.69, 9.17) is 9.15 Å². The average molecular weight is 438 g/mol. The van der Waals surface area contributed by atoms with Crippen LogP contribution in [0.15, 0.2) is 56.8 Å². The highest BCUT2D eigenvalue weighted by molar-refractivity contribution is 7.99. The number of benzene rings is 2. The smallest absolute Gasteiger partial charge is 0.297 e. The Kier molecular flexibility index (Phi) is 6.11. The Morgan fingerprint density at radius 2 is 1.94 bits per heavy atom. The molecule has 0 radical (unpaired) electrons. The van der Waals surface area contributed by atoms with E-state index in [1.54, 1.807) is 13.2 Å². The molecule has 0 aliphatic carbocycles. The molecule has 0 saturated carbocycles. The van der Waals surface area contributed by atoms with Gasteiger partial charge in [-0.05, 0) is 49.2 Å². The fourth-order valence-corrected chi connectivity index (χ4v) is 4.34. The first-order valence-corrected chi connectivity index (χ1v) is 10.9. The maximum absolute atomic E-state index is 13.1. The van der Waals surface area contributed by atoms with Gasteiger partial charge in [0.25, 0.3) is 5.56 Å². The van der Waals surface area contributed by atoms with Gasteiger partial charge >= 0.3 is 0 Å². The number of aromatic nitrogens is 2. The average Bonchev–Trinajstić information content (AvgIpc) is 3.10. The van der Waals surface area contributed by atoms with Gasteiger partial charge in [0, 0.05) is 18.2 Å². The molecule has 2 aromatic carbocycles. The number of nitrogens with zero attached hydrogens (tertiary/aromatic N) is 2. The SMILES string of the molecule is COCCn1c(SCC(=O)Nc2cc(C)cc(C)c2)nc2c(oc3ccccc32)c1=O. The molecular weight excluding hydrogens is 414 g/mol. The molecule has 0 unspecified atom stereocenters. The van der Waals surface area contributed by atoms with Gasteiger partial charge in [-0.15, -0.1) is 0 Å². The zero-order valence-corrected chi connectivity index (χ0v) is 18.4. The molecular formula is C23H23N3O4S. The van der Waals surface area contributed by atoms with Crippen LogP contribution in [0.3, 0.4) is 0 Å². The van der Waals surface area contributed by atoms with Crippen molar-refractivity contribution in [3.8, 4) is 0 Å². The molecule has 8 heteroatoms. The van der Waals surface area contributed by atoms with Gasteiger partial charge < -0.3 is 14.5 Å². The molecule has 0 spiro atoms.